The lowest BCUT2D eigenvalue weighted by Gasteiger charge is -2.24. The zero-order chi connectivity index (χ0) is 13.9. The van der Waals surface area contributed by atoms with Crippen molar-refractivity contribution < 1.29 is 4.74 Å². The lowest BCUT2D eigenvalue weighted by Crippen LogP contribution is -2.34. The van der Waals surface area contributed by atoms with Gasteiger partial charge in [0.15, 0.2) is 0 Å². The van der Waals surface area contributed by atoms with Crippen LogP contribution >= 0.6 is 0 Å². The number of benzene rings is 1. The van der Waals surface area contributed by atoms with E-state index in [-0.39, 0.29) is 0 Å². The maximum absolute atomic E-state index is 5.44. The standard InChI is InChI=1S/C18H27NO/c1-13(9-16-5-3-4-6-18(16)20-2)19-12-17-11-14-7-8-15(17)10-14/h3-6,13-15,17,19H,7-12H2,1-2H3. The van der Waals surface area contributed by atoms with Gasteiger partial charge in [0.1, 0.15) is 5.75 Å². The molecule has 2 saturated carbocycles. The Kier molecular flexibility index (Phi) is 4.30. The van der Waals surface area contributed by atoms with Crippen LogP contribution in [0.2, 0.25) is 0 Å². The molecular weight excluding hydrogens is 246 g/mol. The quantitative estimate of drug-likeness (QED) is 0.854. The molecule has 4 atom stereocenters. The summed E-state index contributed by atoms with van der Waals surface area (Å²) in [6.07, 6.45) is 7.01. The zero-order valence-electron chi connectivity index (χ0n) is 12.8. The minimum Gasteiger partial charge on any atom is -0.496 e. The fourth-order valence-electron chi connectivity index (χ4n) is 4.25. The highest BCUT2D eigenvalue weighted by atomic mass is 16.5. The summed E-state index contributed by atoms with van der Waals surface area (Å²) < 4.78 is 5.44. The first-order valence-electron chi connectivity index (χ1n) is 8.11. The second-order valence-electron chi connectivity index (χ2n) is 6.76. The maximum atomic E-state index is 5.44. The van der Waals surface area contributed by atoms with Crippen molar-refractivity contribution in [1.82, 2.24) is 5.32 Å². The van der Waals surface area contributed by atoms with Gasteiger partial charge in [-0.15, -0.1) is 0 Å². The molecule has 2 aliphatic rings. The van der Waals surface area contributed by atoms with Crippen LogP contribution in [0.4, 0.5) is 0 Å². The Morgan fingerprint density at radius 1 is 1.25 bits per heavy atom. The van der Waals surface area contributed by atoms with Gasteiger partial charge in [0.25, 0.3) is 0 Å². The molecule has 0 amide bonds. The van der Waals surface area contributed by atoms with Crippen LogP contribution in [0.25, 0.3) is 0 Å². The molecule has 0 aromatic heterocycles. The van der Waals surface area contributed by atoms with E-state index in [1.165, 1.54) is 37.8 Å². The van der Waals surface area contributed by atoms with Crippen molar-refractivity contribution in [3.8, 4) is 5.75 Å². The largest absolute Gasteiger partial charge is 0.496 e. The van der Waals surface area contributed by atoms with Crippen molar-refractivity contribution >= 4 is 0 Å². The van der Waals surface area contributed by atoms with Gasteiger partial charge in [-0.05, 0) is 68.5 Å². The first-order chi connectivity index (χ1) is 9.76. The average Bonchev–Trinajstić information content (AvgIpc) is 3.08. The molecule has 2 fully saturated rings. The molecule has 1 aromatic rings. The number of fused-ring (bicyclic) bond motifs is 2. The summed E-state index contributed by atoms with van der Waals surface area (Å²) in [4.78, 5) is 0. The molecule has 0 aliphatic heterocycles. The molecule has 1 aromatic carbocycles. The van der Waals surface area contributed by atoms with Gasteiger partial charge in [0.05, 0.1) is 7.11 Å². The van der Waals surface area contributed by atoms with Crippen LogP contribution in [0.15, 0.2) is 24.3 Å². The first kappa shape index (κ1) is 13.9. The Morgan fingerprint density at radius 2 is 2.10 bits per heavy atom. The predicted molar refractivity (Wildman–Crippen MR) is 83.1 cm³/mol. The minimum absolute atomic E-state index is 0.519. The zero-order valence-corrected chi connectivity index (χ0v) is 12.8. The third kappa shape index (κ3) is 3.01. The van der Waals surface area contributed by atoms with Gasteiger partial charge in [-0.25, -0.2) is 0 Å². The number of ether oxygens (including phenoxy) is 1. The summed E-state index contributed by atoms with van der Waals surface area (Å²) in [7, 11) is 1.76. The molecule has 0 radical (unpaired) electrons. The van der Waals surface area contributed by atoms with Crippen molar-refractivity contribution in [1.29, 1.82) is 0 Å². The van der Waals surface area contributed by atoms with E-state index in [1.54, 1.807) is 7.11 Å². The van der Waals surface area contributed by atoms with E-state index in [2.05, 4.69) is 30.4 Å². The molecule has 2 heteroatoms. The number of hydrogen-bond donors (Lipinski definition) is 1. The summed E-state index contributed by atoms with van der Waals surface area (Å²) in [5, 5.41) is 3.75. The van der Waals surface area contributed by atoms with E-state index in [1.807, 2.05) is 6.07 Å². The Morgan fingerprint density at radius 3 is 2.80 bits per heavy atom. The highest BCUT2D eigenvalue weighted by molar-refractivity contribution is 5.33. The number of hydrogen-bond acceptors (Lipinski definition) is 2. The topological polar surface area (TPSA) is 21.3 Å². The average molecular weight is 273 g/mol. The van der Waals surface area contributed by atoms with Crippen LogP contribution in [-0.4, -0.2) is 19.7 Å². The molecule has 2 aliphatic carbocycles. The monoisotopic (exact) mass is 273 g/mol. The third-order valence-electron chi connectivity index (χ3n) is 5.33. The smallest absolute Gasteiger partial charge is 0.122 e. The molecule has 0 saturated heterocycles. The van der Waals surface area contributed by atoms with E-state index >= 15 is 0 Å². The molecule has 1 N–H and O–H groups in total. The second-order valence-corrected chi connectivity index (χ2v) is 6.76. The fraction of sp³-hybridized carbons (Fsp3) is 0.667. The van der Waals surface area contributed by atoms with Gasteiger partial charge in [-0.2, -0.15) is 0 Å². The van der Waals surface area contributed by atoms with Gasteiger partial charge in [0.2, 0.25) is 0 Å². The summed E-state index contributed by atoms with van der Waals surface area (Å²) >= 11 is 0. The van der Waals surface area contributed by atoms with Crippen molar-refractivity contribution in [2.24, 2.45) is 17.8 Å². The Balaban J connectivity index is 1.48. The Hall–Kier alpha value is -1.02. The van der Waals surface area contributed by atoms with E-state index in [0.29, 0.717) is 6.04 Å². The lowest BCUT2D eigenvalue weighted by molar-refractivity contribution is 0.307. The van der Waals surface area contributed by atoms with Crippen LogP contribution in [-0.2, 0) is 6.42 Å². The molecule has 20 heavy (non-hydrogen) atoms. The van der Waals surface area contributed by atoms with Crippen molar-refractivity contribution in [2.75, 3.05) is 13.7 Å². The van der Waals surface area contributed by atoms with Crippen LogP contribution < -0.4 is 10.1 Å². The number of nitrogens with one attached hydrogen (secondary N) is 1. The number of para-hydroxylation sites is 1. The minimum atomic E-state index is 0.519. The van der Waals surface area contributed by atoms with Gasteiger partial charge >= 0.3 is 0 Å². The third-order valence-corrected chi connectivity index (χ3v) is 5.33. The SMILES string of the molecule is COc1ccccc1CC(C)NCC1CC2CCC1C2. The van der Waals surface area contributed by atoms with Gasteiger partial charge in [-0.1, -0.05) is 24.6 Å². The Bertz CT molecular complexity index is 445. The summed E-state index contributed by atoms with van der Waals surface area (Å²) in [5.41, 5.74) is 1.31. The fourth-order valence-corrected chi connectivity index (χ4v) is 4.25. The van der Waals surface area contributed by atoms with E-state index in [4.69, 9.17) is 4.74 Å². The molecule has 3 rings (SSSR count). The van der Waals surface area contributed by atoms with Crippen LogP contribution in [0.1, 0.15) is 38.2 Å². The van der Waals surface area contributed by atoms with Crippen LogP contribution in [0.5, 0.6) is 5.75 Å². The predicted octanol–water partition coefficient (Wildman–Crippen LogP) is 3.65. The highest BCUT2D eigenvalue weighted by Crippen LogP contribution is 2.47. The van der Waals surface area contributed by atoms with E-state index < -0.39 is 0 Å². The maximum Gasteiger partial charge on any atom is 0.122 e. The van der Waals surface area contributed by atoms with Crippen LogP contribution in [0.3, 0.4) is 0 Å². The lowest BCUT2D eigenvalue weighted by atomic mass is 9.88. The molecule has 4 unspecified atom stereocenters. The van der Waals surface area contributed by atoms with Gasteiger partial charge < -0.3 is 10.1 Å². The second kappa shape index (κ2) is 6.17. The van der Waals surface area contributed by atoms with Gasteiger partial charge in [0, 0.05) is 6.04 Å². The first-order valence-corrected chi connectivity index (χ1v) is 8.11. The molecule has 2 nitrogen and oxygen atoms in total. The van der Waals surface area contributed by atoms with Crippen molar-refractivity contribution in [3.05, 3.63) is 29.8 Å². The van der Waals surface area contributed by atoms with Crippen molar-refractivity contribution in [2.45, 2.75) is 45.1 Å². The Labute approximate surface area is 122 Å². The van der Waals surface area contributed by atoms with E-state index in [0.717, 1.165) is 29.9 Å². The molecule has 0 heterocycles. The summed E-state index contributed by atoms with van der Waals surface area (Å²) in [5.74, 6) is 4.03. The van der Waals surface area contributed by atoms with Crippen LogP contribution in [0, 0.1) is 17.8 Å². The van der Waals surface area contributed by atoms with Crippen molar-refractivity contribution in [3.63, 3.8) is 0 Å². The summed E-state index contributed by atoms with van der Waals surface area (Å²) in [6.45, 7) is 3.50. The van der Waals surface area contributed by atoms with E-state index in [9.17, 15) is 0 Å². The molecule has 2 bridgehead atoms. The molecule has 110 valence electrons. The summed E-state index contributed by atoms with van der Waals surface area (Å²) in [6, 6.07) is 8.88. The highest BCUT2D eigenvalue weighted by Gasteiger charge is 2.39. The number of rotatable bonds is 6. The molecule has 0 spiro atoms. The normalized spacial score (nSPS) is 29.6. The number of methoxy groups -OCH3 is 1. The van der Waals surface area contributed by atoms with Gasteiger partial charge in [-0.3, -0.25) is 0 Å². The molecular formula is C18H27NO.